The fourth-order valence-electron chi connectivity index (χ4n) is 3.06. The molecule has 2 aromatic carbocycles. The van der Waals surface area contributed by atoms with Crippen LogP contribution in [-0.2, 0) is 4.79 Å². The Labute approximate surface area is 131 Å². The van der Waals surface area contributed by atoms with Gasteiger partial charge in [-0.2, -0.15) is 0 Å². The zero-order valence-corrected chi connectivity index (χ0v) is 12.3. The number of benzene rings is 2. The summed E-state index contributed by atoms with van der Waals surface area (Å²) in [6.07, 6.45) is 0.348. The highest BCUT2D eigenvalue weighted by molar-refractivity contribution is 6.32. The number of hydrogen-bond donors (Lipinski definition) is 3. The number of aromatic hydroxyl groups is 1. The molecule has 0 radical (unpaired) electrons. The summed E-state index contributed by atoms with van der Waals surface area (Å²) in [4.78, 5) is 15.5. The molecule has 1 unspecified atom stereocenters. The molecule has 1 aliphatic rings. The first-order valence-corrected chi connectivity index (χ1v) is 7.40. The number of halogens is 1. The van der Waals surface area contributed by atoms with Gasteiger partial charge in [-0.1, -0.05) is 35.9 Å². The number of anilines is 1. The van der Waals surface area contributed by atoms with E-state index in [1.807, 2.05) is 24.3 Å². The highest BCUT2D eigenvalue weighted by atomic mass is 35.5. The number of hydrogen-bond acceptors (Lipinski definition) is 2. The van der Waals surface area contributed by atoms with E-state index in [1.54, 1.807) is 18.2 Å². The summed E-state index contributed by atoms with van der Waals surface area (Å²) in [6, 6.07) is 13.0. The second-order valence-electron chi connectivity index (χ2n) is 5.47. The molecule has 1 atom stereocenters. The van der Waals surface area contributed by atoms with E-state index in [1.165, 1.54) is 0 Å². The van der Waals surface area contributed by atoms with E-state index < -0.39 is 0 Å². The van der Waals surface area contributed by atoms with Crippen molar-refractivity contribution in [2.45, 2.75) is 12.3 Å². The number of H-pyrrole nitrogens is 1. The van der Waals surface area contributed by atoms with Crippen LogP contribution in [0.4, 0.5) is 5.69 Å². The lowest BCUT2D eigenvalue weighted by atomic mass is 9.88. The molecular weight excluding hydrogens is 300 g/mol. The maximum atomic E-state index is 12.1. The average molecular weight is 313 g/mol. The third-order valence-corrected chi connectivity index (χ3v) is 4.41. The van der Waals surface area contributed by atoms with E-state index in [4.69, 9.17) is 11.6 Å². The number of para-hydroxylation sites is 1. The van der Waals surface area contributed by atoms with E-state index in [9.17, 15) is 9.90 Å². The Morgan fingerprint density at radius 3 is 2.82 bits per heavy atom. The Morgan fingerprint density at radius 2 is 2.00 bits per heavy atom. The molecule has 4 rings (SSSR count). The Hall–Kier alpha value is -2.46. The number of carbonyl (C=O) groups is 1. The molecule has 0 bridgehead atoms. The van der Waals surface area contributed by atoms with Crippen LogP contribution in [0.2, 0.25) is 5.02 Å². The van der Waals surface area contributed by atoms with Crippen molar-refractivity contribution in [3.63, 3.8) is 0 Å². The second-order valence-corrected chi connectivity index (χ2v) is 5.88. The van der Waals surface area contributed by atoms with Gasteiger partial charge in [0.05, 0.1) is 10.7 Å². The molecule has 2 heterocycles. The van der Waals surface area contributed by atoms with Gasteiger partial charge in [0, 0.05) is 28.9 Å². The zero-order chi connectivity index (χ0) is 15.3. The van der Waals surface area contributed by atoms with Gasteiger partial charge in [0.2, 0.25) is 5.91 Å². The van der Waals surface area contributed by atoms with Crippen LogP contribution in [0.1, 0.15) is 23.6 Å². The third kappa shape index (κ3) is 1.96. The maximum absolute atomic E-state index is 12.1. The van der Waals surface area contributed by atoms with Gasteiger partial charge in [-0.05, 0) is 23.8 Å². The van der Waals surface area contributed by atoms with Crippen LogP contribution >= 0.6 is 11.6 Å². The van der Waals surface area contributed by atoms with Crippen LogP contribution in [0.15, 0.2) is 42.5 Å². The first-order valence-electron chi connectivity index (χ1n) is 7.02. The number of phenols is 1. The summed E-state index contributed by atoms with van der Waals surface area (Å²) in [7, 11) is 0. The monoisotopic (exact) mass is 312 g/mol. The van der Waals surface area contributed by atoms with Gasteiger partial charge in [-0.3, -0.25) is 4.79 Å². The van der Waals surface area contributed by atoms with Gasteiger partial charge in [0.1, 0.15) is 5.75 Å². The van der Waals surface area contributed by atoms with Crippen molar-refractivity contribution in [1.82, 2.24) is 4.98 Å². The number of aromatic amines is 1. The number of fused-ring (bicyclic) bond motifs is 3. The summed E-state index contributed by atoms with van der Waals surface area (Å²) in [5.41, 5.74) is 3.71. The average Bonchev–Trinajstić information content (AvgIpc) is 2.88. The Balaban J connectivity index is 1.91. The van der Waals surface area contributed by atoms with Gasteiger partial charge in [0.15, 0.2) is 0 Å². The third-order valence-electron chi connectivity index (χ3n) is 4.11. The van der Waals surface area contributed by atoms with Crippen LogP contribution in [0, 0.1) is 0 Å². The summed E-state index contributed by atoms with van der Waals surface area (Å²) in [5.74, 6) is -0.0803. The molecule has 3 aromatic rings. The standard InChI is InChI=1S/C17H13ClN2O2/c18-12-7-9(5-6-14(12)21)11-8-15(22)20-16-10-3-1-2-4-13(10)19-17(11)16/h1-7,11,19,21H,8H2,(H,20,22). The minimum absolute atomic E-state index is 0.0218. The normalized spacial score (nSPS) is 17.3. The minimum atomic E-state index is -0.103. The highest BCUT2D eigenvalue weighted by Gasteiger charge is 2.30. The Bertz CT molecular complexity index is 901. The molecule has 22 heavy (non-hydrogen) atoms. The molecule has 1 aromatic heterocycles. The molecule has 3 N–H and O–H groups in total. The lowest BCUT2D eigenvalue weighted by Crippen LogP contribution is -2.23. The Kier molecular flexibility index (Phi) is 2.87. The van der Waals surface area contributed by atoms with Crippen molar-refractivity contribution in [1.29, 1.82) is 0 Å². The highest BCUT2D eigenvalue weighted by Crippen LogP contribution is 2.42. The molecule has 5 heteroatoms. The molecular formula is C17H13ClN2O2. The lowest BCUT2D eigenvalue weighted by Gasteiger charge is -2.23. The smallest absolute Gasteiger partial charge is 0.225 e. The van der Waals surface area contributed by atoms with Crippen molar-refractivity contribution in [3.05, 3.63) is 58.7 Å². The quantitative estimate of drug-likeness (QED) is 0.636. The minimum Gasteiger partial charge on any atom is -0.506 e. The summed E-state index contributed by atoms with van der Waals surface area (Å²) < 4.78 is 0. The van der Waals surface area contributed by atoms with Gasteiger partial charge < -0.3 is 15.4 Å². The fraction of sp³-hybridized carbons (Fsp3) is 0.118. The van der Waals surface area contributed by atoms with Gasteiger partial charge in [0.25, 0.3) is 0 Å². The van der Waals surface area contributed by atoms with Crippen molar-refractivity contribution in [2.24, 2.45) is 0 Å². The van der Waals surface area contributed by atoms with Gasteiger partial charge >= 0.3 is 0 Å². The molecule has 110 valence electrons. The van der Waals surface area contributed by atoms with Gasteiger partial charge in [-0.15, -0.1) is 0 Å². The van der Waals surface area contributed by atoms with Crippen LogP contribution < -0.4 is 5.32 Å². The number of aromatic nitrogens is 1. The summed E-state index contributed by atoms with van der Waals surface area (Å²) >= 11 is 6.01. The van der Waals surface area contributed by atoms with Crippen molar-refractivity contribution < 1.29 is 9.90 Å². The van der Waals surface area contributed by atoms with Crippen LogP contribution in [0.3, 0.4) is 0 Å². The van der Waals surface area contributed by atoms with Gasteiger partial charge in [-0.25, -0.2) is 0 Å². The van der Waals surface area contributed by atoms with E-state index in [-0.39, 0.29) is 17.6 Å². The molecule has 0 aliphatic carbocycles. The van der Waals surface area contributed by atoms with Crippen LogP contribution in [0.5, 0.6) is 5.75 Å². The largest absolute Gasteiger partial charge is 0.506 e. The molecule has 4 nitrogen and oxygen atoms in total. The number of carbonyl (C=O) groups excluding carboxylic acids is 1. The molecule has 0 saturated carbocycles. The van der Waals surface area contributed by atoms with Crippen LogP contribution in [0.25, 0.3) is 10.9 Å². The van der Waals surface area contributed by atoms with Crippen molar-refractivity contribution >= 4 is 34.1 Å². The molecule has 1 aliphatic heterocycles. The fourth-order valence-corrected chi connectivity index (χ4v) is 3.25. The maximum Gasteiger partial charge on any atom is 0.225 e. The first-order chi connectivity index (χ1) is 10.6. The Morgan fingerprint density at radius 1 is 1.18 bits per heavy atom. The van der Waals surface area contributed by atoms with E-state index in [0.717, 1.165) is 27.8 Å². The molecule has 0 fully saturated rings. The molecule has 1 amide bonds. The predicted molar refractivity (Wildman–Crippen MR) is 86.5 cm³/mol. The predicted octanol–water partition coefficient (Wildman–Crippen LogP) is 4.00. The van der Waals surface area contributed by atoms with Crippen molar-refractivity contribution in [3.8, 4) is 5.75 Å². The number of phenolic OH excluding ortho intramolecular Hbond substituents is 1. The van der Waals surface area contributed by atoms with E-state index in [0.29, 0.717) is 11.4 Å². The zero-order valence-electron chi connectivity index (χ0n) is 11.6. The lowest BCUT2D eigenvalue weighted by molar-refractivity contribution is -0.116. The first kappa shape index (κ1) is 13.2. The SMILES string of the molecule is O=C1CC(c2ccc(O)c(Cl)c2)c2[nH]c3ccccc3c2N1. The summed E-state index contributed by atoms with van der Waals surface area (Å²) in [6.45, 7) is 0. The number of rotatable bonds is 1. The topological polar surface area (TPSA) is 65.1 Å². The molecule has 0 spiro atoms. The summed E-state index contributed by atoms with van der Waals surface area (Å²) in [5, 5.41) is 13.8. The van der Waals surface area contributed by atoms with Crippen LogP contribution in [-0.4, -0.2) is 16.0 Å². The number of amides is 1. The van der Waals surface area contributed by atoms with Crippen molar-refractivity contribution in [2.75, 3.05) is 5.32 Å². The number of nitrogens with one attached hydrogen (secondary N) is 2. The second kappa shape index (κ2) is 4.78. The van der Waals surface area contributed by atoms with E-state index in [2.05, 4.69) is 10.3 Å². The van der Waals surface area contributed by atoms with E-state index >= 15 is 0 Å². The molecule has 0 saturated heterocycles.